The Kier molecular flexibility index (Phi) is 5.21. The Morgan fingerprint density at radius 2 is 2.44 bits per heavy atom. The average molecular weight is 331 g/mol. The fourth-order valence-electron chi connectivity index (χ4n) is 2.47. The van der Waals surface area contributed by atoms with Crippen LogP contribution in [0.1, 0.15) is 36.0 Å². The zero-order chi connectivity index (χ0) is 13.0. The van der Waals surface area contributed by atoms with Crippen molar-refractivity contribution in [3.8, 4) is 0 Å². The predicted molar refractivity (Wildman–Crippen MR) is 79.2 cm³/mol. The summed E-state index contributed by atoms with van der Waals surface area (Å²) in [4.78, 5) is 14.5. The van der Waals surface area contributed by atoms with Crippen LogP contribution in [0.3, 0.4) is 0 Å². The summed E-state index contributed by atoms with van der Waals surface area (Å²) >= 11 is 4.99. The van der Waals surface area contributed by atoms with Crippen LogP contribution in [0.4, 0.5) is 0 Å². The van der Waals surface area contributed by atoms with E-state index in [0.717, 1.165) is 41.7 Å². The van der Waals surface area contributed by atoms with Gasteiger partial charge in [0.05, 0.1) is 9.35 Å². The van der Waals surface area contributed by atoms with Gasteiger partial charge in [0.25, 0.3) is 5.91 Å². The topological polar surface area (TPSA) is 32.3 Å². The van der Waals surface area contributed by atoms with Gasteiger partial charge in [0.1, 0.15) is 0 Å². The number of likely N-dealkylation sites (tertiary alicyclic amines) is 1. The summed E-state index contributed by atoms with van der Waals surface area (Å²) in [5, 5.41) is 5.12. The zero-order valence-corrected chi connectivity index (χ0v) is 13.0. The van der Waals surface area contributed by atoms with E-state index in [1.54, 1.807) is 11.3 Å². The van der Waals surface area contributed by atoms with Crippen molar-refractivity contribution in [1.29, 1.82) is 0 Å². The van der Waals surface area contributed by atoms with E-state index in [-0.39, 0.29) is 5.91 Å². The number of carbonyl (C=O) groups is 1. The van der Waals surface area contributed by atoms with Crippen molar-refractivity contribution < 1.29 is 4.79 Å². The summed E-state index contributed by atoms with van der Waals surface area (Å²) in [7, 11) is 1.96. The molecule has 1 atom stereocenters. The molecule has 3 nitrogen and oxygen atoms in total. The lowest BCUT2D eigenvalue weighted by molar-refractivity contribution is 0.0603. The number of hydrogen-bond donors (Lipinski definition) is 1. The average Bonchev–Trinajstić information content (AvgIpc) is 2.82. The van der Waals surface area contributed by atoms with Gasteiger partial charge in [0.2, 0.25) is 0 Å². The van der Waals surface area contributed by atoms with Crippen molar-refractivity contribution in [3.63, 3.8) is 0 Å². The van der Waals surface area contributed by atoms with Crippen LogP contribution in [0.25, 0.3) is 0 Å². The van der Waals surface area contributed by atoms with E-state index in [9.17, 15) is 4.79 Å². The third-order valence-electron chi connectivity index (χ3n) is 3.43. The van der Waals surface area contributed by atoms with Gasteiger partial charge < -0.3 is 10.2 Å². The number of nitrogens with zero attached hydrogens (tertiary/aromatic N) is 1. The Morgan fingerprint density at radius 1 is 1.61 bits per heavy atom. The molecule has 1 amide bonds. The molecule has 1 aliphatic heterocycles. The number of amides is 1. The fraction of sp³-hybridized carbons (Fsp3) is 0.615. The van der Waals surface area contributed by atoms with Gasteiger partial charge in [0, 0.05) is 18.0 Å². The van der Waals surface area contributed by atoms with Crippen LogP contribution < -0.4 is 5.32 Å². The Bertz CT molecular complexity index is 407. The minimum Gasteiger partial charge on any atom is -0.336 e. The number of piperidine rings is 1. The molecule has 1 saturated heterocycles. The van der Waals surface area contributed by atoms with Crippen molar-refractivity contribution in [2.45, 2.75) is 31.7 Å². The first-order valence-electron chi connectivity index (χ1n) is 6.42. The van der Waals surface area contributed by atoms with Crippen molar-refractivity contribution in [2.24, 2.45) is 0 Å². The second kappa shape index (κ2) is 6.68. The Labute approximate surface area is 121 Å². The molecule has 0 bridgehead atoms. The van der Waals surface area contributed by atoms with Gasteiger partial charge in [-0.3, -0.25) is 4.79 Å². The predicted octanol–water partition coefficient (Wildman–Crippen LogP) is 3.11. The number of halogens is 1. The van der Waals surface area contributed by atoms with Crippen molar-refractivity contribution >= 4 is 33.2 Å². The van der Waals surface area contributed by atoms with Gasteiger partial charge in [-0.1, -0.05) is 0 Å². The highest BCUT2D eigenvalue weighted by molar-refractivity contribution is 9.11. The molecule has 1 N–H and O–H groups in total. The summed E-state index contributed by atoms with van der Waals surface area (Å²) < 4.78 is 1.02. The SMILES string of the molecule is CNCCC1CCCCN1C(=O)c1csc(Br)c1. The van der Waals surface area contributed by atoms with Crippen LogP contribution in [0.15, 0.2) is 15.2 Å². The first kappa shape index (κ1) is 14.0. The third kappa shape index (κ3) is 3.33. The van der Waals surface area contributed by atoms with Crippen LogP contribution in [0.2, 0.25) is 0 Å². The summed E-state index contributed by atoms with van der Waals surface area (Å²) in [5.74, 6) is 0.192. The normalized spacial score (nSPS) is 20.1. The number of nitrogens with one attached hydrogen (secondary N) is 1. The van der Waals surface area contributed by atoms with Gasteiger partial charge in [-0.2, -0.15) is 0 Å². The van der Waals surface area contributed by atoms with E-state index < -0.39 is 0 Å². The highest BCUT2D eigenvalue weighted by atomic mass is 79.9. The minimum atomic E-state index is 0.192. The smallest absolute Gasteiger partial charge is 0.254 e. The van der Waals surface area contributed by atoms with Crippen LogP contribution in [-0.4, -0.2) is 37.0 Å². The lowest BCUT2D eigenvalue weighted by atomic mass is 9.98. The maximum atomic E-state index is 12.5. The van der Waals surface area contributed by atoms with Crippen LogP contribution in [-0.2, 0) is 0 Å². The highest BCUT2D eigenvalue weighted by Gasteiger charge is 2.27. The van der Waals surface area contributed by atoms with Crippen LogP contribution in [0, 0.1) is 0 Å². The summed E-state index contributed by atoms with van der Waals surface area (Å²) in [5.41, 5.74) is 0.822. The molecule has 1 aliphatic rings. The van der Waals surface area contributed by atoms with Gasteiger partial charge in [-0.05, 0) is 61.3 Å². The number of thiophene rings is 1. The van der Waals surface area contributed by atoms with Gasteiger partial charge >= 0.3 is 0 Å². The quantitative estimate of drug-likeness (QED) is 0.919. The standard InChI is InChI=1S/C13H19BrN2OS/c1-15-6-5-11-4-2-3-7-16(11)13(17)10-8-12(14)18-9-10/h8-9,11,15H,2-7H2,1H3. The van der Waals surface area contributed by atoms with Crippen molar-refractivity contribution in [2.75, 3.05) is 20.1 Å². The monoisotopic (exact) mass is 330 g/mol. The molecule has 0 radical (unpaired) electrons. The van der Waals surface area contributed by atoms with E-state index in [0.29, 0.717) is 6.04 Å². The fourth-order valence-corrected chi connectivity index (χ4v) is 3.60. The first-order chi connectivity index (χ1) is 8.72. The van der Waals surface area contributed by atoms with E-state index in [1.165, 1.54) is 6.42 Å². The largest absolute Gasteiger partial charge is 0.336 e. The molecule has 100 valence electrons. The van der Waals surface area contributed by atoms with Gasteiger partial charge in [0.15, 0.2) is 0 Å². The number of hydrogen-bond acceptors (Lipinski definition) is 3. The molecule has 0 aromatic carbocycles. The van der Waals surface area contributed by atoms with E-state index >= 15 is 0 Å². The summed E-state index contributed by atoms with van der Waals surface area (Å²) in [6, 6.07) is 2.33. The molecule has 5 heteroatoms. The van der Waals surface area contributed by atoms with E-state index in [4.69, 9.17) is 0 Å². The Morgan fingerprint density at radius 3 is 3.11 bits per heavy atom. The second-order valence-corrected chi connectivity index (χ2v) is 6.97. The molecule has 1 aromatic heterocycles. The number of rotatable bonds is 4. The van der Waals surface area contributed by atoms with Crippen molar-refractivity contribution in [3.05, 3.63) is 20.8 Å². The van der Waals surface area contributed by atoms with Gasteiger partial charge in [-0.25, -0.2) is 0 Å². The molecule has 1 aromatic rings. The number of carbonyl (C=O) groups excluding carboxylic acids is 1. The minimum absolute atomic E-state index is 0.192. The molecular formula is C13H19BrN2OS. The Balaban J connectivity index is 2.06. The van der Waals surface area contributed by atoms with Gasteiger partial charge in [-0.15, -0.1) is 11.3 Å². The summed E-state index contributed by atoms with van der Waals surface area (Å²) in [6.45, 7) is 1.88. The molecule has 0 spiro atoms. The molecular weight excluding hydrogens is 312 g/mol. The zero-order valence-electron chi connectivity index (χ0n) is 10.6. The maximum absolute atomic E-state index is 12.5. The van der Waals surface area contributed by atoms with E-state index in [1.807, 2.05) is 18.5 Å². The molecule has 0 saturated carbocycles. The summed E-state index contributed by atoms with van der Waals surface area (Å²) in [6.07, 6.45) is 4.56. The first-order valence-corrected chi connectivity index (χ1v) is 8.09. The lowest BCUT2D eigenvalue weighted by Gasteiger charge is -2.35. The van der Waals surface area contributed by atoms with Crippen LogP contribution >= 0.6 is 27.3 Å². The molecule has 2 heterocycles. The Hall–Kier alpha value is -0.390. The molecule has 0 aliphatic carbocycles. The lowest BCUT2D eigenvalue weighted by Crippen LogP contribution is -2.44. The molecule has 1 fully saturated rings. The molecule has 1 unspecified atom stereocenters. The highest BCUT2D eigenvalue weighted by Crippen LogP contribution is 2.26. The van der Waals surface area contributed by atoms with E-state index in [2.05, 4.69) is 26.1 Å². The van der Waals surface area contributed by atoms with Crippen LogP contribution in [0.5, 0.6) is 0 Å². The van der Waals surface area contributed by atoms with Crippen molar-refractivity contribution in [1.82, 2.24) is 10.2 Å². The maximum Gasteiger partial charge on any atom is 0.254 e. The molecule has 2 rings (SSSR count). The molecule has 18 heavy (non-hydrogen) atoms. The third-order valence-corrected chi connectivity index (χ3v) is 4.93. The second-order valence-electron chi connectivity index (χ2n) is 4.68.